The Morgan fingerprint density at radius 2 is 1.93 bits per heavy atom. The molecule has 0 aromatic heterocycles. The Morgan fingerprint density at radius 1 is 1.33 bits per heavy atom. The third-order valence-electron chi connectivity index (χ3n) is 2.03. The second-order valence-electron chi connectivity index (χ2n) is 3.03. The van der Waals surface area contributed by atoms with E-state index in [1.807, 2.05) is 0 Å². The van der Waals surface area contributed by atoms with Crippen LogP contribution in [-0.2, 0) is 9.53 Å². The highest BCUT2D eigenvalue weighted by Crippen LogP contribution is 2.21. The number of nitrogens with two attached hydrogens (primary N) is 1. The fourth-order valence-corrected chi connectivity index (χ4v) is 1.24. The largest absolute Gasteiger partial charge is 0.387 e. The van der Waals surface area contributed by atoms with Crippen LogP contribution in [0.4, 0.5) is 0 Å². The van der Waals surface area contributed by atoms with Crippen LogP contribution in [0, 0.1) is 0 Å². The van der Waals surface area contributed by atoms with Crippen LogP contribution in [0.25, 0.3) is 10.4 Å². The number of ether oxygens (including phenoxy) is 1. The zero-order valence-electron chi connectivity index (χ0n) is 7.46. The van der Waals surface area contributed by atoms with Crippen LogP contribution in [-0.4, -0.2) is 51.9 Å². The standard InChI is InChI=1S/C6H10N4O5/c7-5(14)4-2(12)1(11)3(13)6(15-4)9-10-8/h1-4,6,11-13H,(H2,7,14)/t1-,2-,3+,4-,6+/m0/s1. The van der Waals surface area contributed by atoms with Crippen molar-refractivity contribution in [3.8, 4) is 0 Å². The summed E-state index contributed by atoms with van der Waals surface area (Å²) in [4.78, 5) is 13.1. The summed E-state index contributed by atoms with van der Waals surface area (Å²) in [7, 11) is 0. The highest BCUT2D eigenvalue weighted by molar-refractivity contribution is 5.79. The van der Waals surface area contributed by atoms with E-state index in [4.69, 9.17) is 16.0 Å². The van der Waals surface area contributed by atoms with Gasteiger partial charge < -0.3 is 25.8 Å². The maximum Gasteiger partial charge on any atom is 0.249 e. The molecule has 9 nitrogen and oxygen atoms in total. The van der Waals surface area contributed by atoms with Crippen molar-refractivity contribution < 1.29 is 24.9 Å². The van der Waals surface area contributed by atoms with Crippen LogP contribution >= 0.6 is 0 Å². The lowest BCUT2D eigenvalue weighted by Gasteiger charge is -2.37. The van der Waals surface area contributed by atoms with Crippen molar-refractivity contribution >= 4 is 5.91 Å². The van der Waals surface area contributed by atoms with Gasteiger partial charge in [0.25, 0.3) is 0 Å². The highest BCUT2D eigenvalue weighted by Gasteiger charge is 2.45. The van der Waals surface area contributed by atoms with Gasteiger partial charge in [-0.25, -0.2) is 0 Å². The minimum atomic E-state index is -1.66. The smallest absolute Gasteiger partial charge is 0.249 e. The second-order valence-corrected chi connectivity index (χ2v) is 3.03. The molecule has 0 radical (unpaired) electrons. The van der Waals surface area contributed by atoms with Crippen molar-refractivity contribution in [2.24, 2.45) is 10.8 Å². The molecule has 1 heterocycles. The zero-order valence-corrected chi connectivity index (χ0v) is 7.46. The number of azide groups is 1. The molecular weight excluding hydrogens is 208 g/mol. The average Bonchev–Trinajstić information content (AvgIpc) is 2.18. The Balaban J connectivity index is 2.89. The van der Waals surface area contributed by atoms with E-state index in [1.54, 1.807) is 0 Å². The molecule has 84 valence electrons. The number of amides is 1. The summed E-state index contributed by atoms with van der Waals surface area (Å²) in [6, 6.07) is 0. The zero-order chi connectivity index (χ0) is 11.6. The van der Waals surface area contributed by atoms with Gasteiger partial charge in [-0.1, -0.05) is 5.11 Å². The molecular formula is C6H10N4O5. The van der Waals surface area contributed by atoms with Crippen molar-refractivity contribution in [2.45, 2.75) is 30.6 Å². The van der Waals surface area contributed by atoms with E-state index in [9.17, 15) is 20.1 Å². The van der Waals surface area contributed by atoms with E-state index in [0.717, 1.165) is 0 Å². The molecule has 1 rings (SSSR count). The molecule has 1 aliphatic heterocycles. The fourth-order valence-electron chi connectivity index (χ4n) is 1.24. The van der Waals surface area contributed by atoms with Gasteiger partial charge in [0, 0.05) is 4.91 Å². The first kappa shape index (κ1) is 11.7. The topological polar surface area (TPSA) is 162 Å². The van der Waals surface area contributed by atoms with Crippen molar-refractivity contribution in [2.75, 3.05) is 0 Å². The summed E-state index contributed by atoms with van der Waals surface area (Å²) in [5, 5.41) is 30.9. The van der Waals surface area contributed by atoms with Gasteiger partial charge in [0.15, 0.2) is 12.3 Å². The number of aliphatic hydroxyl groups is 3. The third-order valence-corrected chi connectivity index (χ3v) is 2.03. The number of aliphatic hydroxyl groups excluding tert-OH is 3. The summed E-state index contributed by atoms with van der Waals surface area (Å²) in [5.74, 6) is -1.02. The number of hydrogen-bond donors (Lipinski definition) is 4. The van der Waals surface area contributed by atoms with Crippen LogP contribution in [0.5, 0.6) is 0 Å². The molecule has 5 N–H and O–H groups in total. The predicted molar refractivity (Wildman–Crippen MR) is 45.0 cm³/mol. The van der Waals surface area contributed by atoms with Gasteiger partial charge in [-0.05, 0) is 5.53 Å². The quantitative estimate of drug-likeness (QED) is 0.230. The first-order valence-electron chi connectivity index (χ1n) is 4.02. The number of carbonyl (C=O) groups is 1. The predicted octanol–water partition coefficient (Wildman–Crippen LogP) is -2.41. The molecule has 0 spiro atoms. The van der Waals surface area contributed by atoms with Crippen LogP contribution < -0.4 is 5.73 Å². The maximum absolute atomic E-state index is 10.8. The van der Waals surface area contributed by atoms with Crippen molar-refractivity contribution in [1.82, 2.24) is 0 Å². The Hall–Kier alpha value is -1.38. The molecule has 1 aliphatic rings. The number of rotatable bonds is 2. The first-order valence-corrected chi connectivity index (χ1v) is 4.02. The molecule has 5 atom stereocenters. The van der Waals surface area contributed by atoms with Gasteiger partial charge in [-0.15, -0.1) is 0 Å². The Bertz CT molecular complexity index is 290. The van der Waals surface area contributed by atoms with Crippen LogP contribution in [0.3, 0.4) is 0 Å². The van der Waals surface area contributed by atoms with Crippen molar-refractivity contribution in [3.05, 3.63) is 10.4 Å². The number of primary amides is 1. The lowest BCUT2D eigenvalue weighted by molar-refractivity contribution is -0.217. The maximum atomic E-state index is 10.8. The summed E-state index contributed by atoms with van der Waals surface area (Å²) in [5.41, 5.74) is 13.0. The lowest BCUT2D eigenvalue weighted by Crippen LogP contribution is -2.60. The molecule has 1 saturated heterocycles. The summed E-state index contributed by atoms with van der Waals surface area (Å²) >= 11 is 0. The van der Waals surface area contributed by atoms with Crippen molar-refractivity contribution in [1.29, 1.82) is 0 Å². The van der Waals surface area contributed by atoms with Crippen LogP contribution in [0.1, 0.15) is 0 Å². The van der Waals surface area contributed by atoms with E-state index < -0.39 is 36.6 Å². The summed E-state index contributed by atoms with van der Waals surface area (Å²) < 4.78 is 4.73. The second kappa shape index (κ2) is 4.43. The molecule has 1 fully saturated rings. The third kappa shape index (κ3) is 2.17. The Kier molecular flexibility index (Phi) is 3.45. The van der Waals surface area contributed by atoms with Gasteiger partial charge in [0.2, 0.25) is 5.91 Å². The first-order chi connectivity index (χ1) is 6.99. The lowest BCUT2D eigenvalue weighted by atomic mass is 9.98. The molecule has 0 bridgehead atoms. The van der Waals surface area contributed by atoms with E-state index in [0.29, 0.717) is 0 Å². The van der Waals surface area contributed by atoms with Gasteiger partial charge in [0.05, 0.1) is 0 Å². The molecule has 0 aliphatic carbocycles. The normalized spacial score (nSPS) is 40.6. The minimum Gasteiger partial charge on any atom is -0.387 e. The van der Waals surface area contributed by atoms with Gasteiger partial charge in [-0.2, -0.15) is 0 Å². The van der Waals surface area contributed by atoms with Crippen molar-refractivity contribution in [3.63, 3.8) is 0 Å². The number of carbonyl (C=O) groups excluding carboxylic acids is 1. The summed E-state index contributed by atoms with van der Waals surface area (Å²) in [6.07, 6.45) is -7.88. The van der Waals surface area contributed by atoms with Gasteiger partial charge in [-0.3, -0.25) is 4.79 Å². The molecule has 0 aromatic carbocycles. The fraction of sp³-hybridized carbons (Fsp3) is 0.833. The monoisotopic (exact) mass is 218 g/mol. The van der Waals surface area contributed by atoms with E-state index >= 15 is 0 Å². The number of hydrogen-bond acceptors (Lipinski definition) is 6. The molecule has 0 aromatic rings. The van der Waals surface area contributed by atoms with Crippen LogP contribution in [0.2, 0.25) is 0 Å². The number of nitrogens with zero attached hydrogens (tertiary/aromatic N) is 3. The minimum absolute atomic E-state index is 1.02. The van der Waals surface area contributed by atoms with Gasteiger partial charge >= 0.3 is 0 Å². The average molecular weight is 218 g/mol. The highest BCUT2D eigenvalue weighted by atomic mass is 16.6. The molecule has 15 heavy (non-hydrogen) atoms. The van der Waals surface area contributed by atoms with E-state index in [-0.39, 0.29) is 0 Å². The molecule has 1 amide bonds. The van der Waals surface area contributed by atoms with Crippen LogP contribution in [0.15, 0.2) is 5.11 Å². The van der Waals surface area contributed by atoms with E-state index in [1.165, 1.54) is 0 Å². The summed E-state index contributed by atoms with van der Waals surface area (Å²) in [6.45, 7) is 0. The molecule has 0 saturated carbocycles. The molecule has 9 heteroatoms. The van der Waals surface area contributed by atoms with Gasteiger partial charge in [0.1, 0.15) is 18.3 Å². The SMILES string of the molecule is [N-]=[N+]=N[C@@H]1O[C@H](C(N)=O)[C@@H](O)[C@H](O)[C@H]1O. The molecule has 0 unspecified atom stereocenters. The Morgan fingerprint density at radius 3 is 2.40 bits per heavy atom. The van der Waals surface area contributed by atoms with E-state index in [2.05, 4.69) is 10.0 Å². The Labute approximate surface area is 83.7 Å².